The number of amides is 2. The molecule has 3 aromatic rings. The van der Waals surface area contributed by atoms with E-state index in [1.54, 1.807) is 43.5 Å². The van der Waals surface area contributed by atoms with Crippen LogP contribution in [0.25, 0.3) is 0 Å². The van der Waals surface area contributed by atoms with Gasteiger partial charge in [0.15, 0.2) is 0 Å². The minimum atomic E-state index is -0.242. The van der Waals surface area contributed by atoms with Crippen LogP contribution in [-0.4, -0.2) is 31.5 Å². The van der Waals surface area contributed by atoms with Crippen molar-refractivity contribution in [2.45, 2.75) is 25.8 Å². The molecule has 0 bridgehead atoms. The Morgan fingerprint density at radius 3 is 2.47 bits per heavy atom. The second-order valence-electron chi connectivity index (χ2n) is 7.91. The van der Waals surface area contributed by atoms with Gasteiger partial charge in [-0.2, -0.15) is 0 Å². The highest BCUT2D eigenvalue weighted by atomic mass is 16.5. The van der Waals surface area contributed by atoms with E-state index in [2.05, 4.69) is 40.7 Å². The first-order valence-corrected chi connectivity index (χ1v) is 10.7. The maximum Gasteiger partial charge on any atom is 0.255 e. The Bertz CT molecular complexity index is 1110. The zero-order valence-corrected chi connectivity index (χ0v) is 18.3. The Hall–Kier alpha value is -3.80. The number of ether oxygens (including phenoxy) is 1. The standard InChI is InChI=1S/C26H27N3O3/c1-18-17-20-7-3-5-9-23(20)29(18)16-15-25(30)27-21-13-11-19(12-14-21)26(31)28-22-8-4-6-10-24(22)32-2/h3-14,18H,15-17H2,1-2H3,(H,27,30)(H,28,31). The first kappa shape index (κ1) is 21.4. The smallest absolute Gasteiger partial charge is 0.255 e. The number of nitrogens with one attached hydrogen (secondary N) is 2. The van der Waals surface area contributed by atoms with Crippen LogP contribution in [0.1, 0.15) is 29.3 Å². The molecule has 1 aliphatic rings. The van der Waals surface area contributed by atoms with E-state index < -0.39 is 0 Å². The molecule has 1 aliphatic heterocycles. The van der Waals surface area contributed by atoms with Crippen LogP contribution in [0.4, 0.5) is 17.1 Å². The number of carbonyl (C=O) groups is 2. The number of methoxy groups -OCH3 is 1. The molecule has 1 atom stereocenters. The zero-order valence-electron chi connectivity index (χ0n) is 18.3. The number of fused-ring (bicyclic) bond motifs is 1. The van der Waals surface area contributed by atoms with Gasteiger partial charge >= 0.3 is 0 Å². The summed E-state index contributed by atoms with van der Waals surface area (Å²) in [6.07, 6.45) is 1.41. The highest BCUT2D eigenvalue weighted by Gasteiger charge is 2.25. The summed E-state index contributed by atoms with van der Waals surface area (Å²) >= 11 is 0. The Morgan fingerprint density at radius 2 is 1.69 bits per heavy atom. The van der Waals surface area contributed by atoms with E-state index in [0.717, 1.165) is 6.42 Å². The molecule has 0 spiro atoms. The van der Waals surface area contributed by atoms with Crippen LogP contribution in [-0.2, 0) is 11.2 Å². The zero-order chi connectivity index (χ0) is 22.5. The van der Waals surface area contributed by atoms with E-state index in [1.807, 2.05) is 18.2 Å². The first-order chi connectivity index (χ1) is 15.5. The normalized spacial score (nSPS) is 14.6. The molecule has 0 radical (unpaired) electrons. The average molecular weight is 430 g/mol. The molecule has 0 saturated carbocycles. The molecule has 2 N–H and O–H groups in total. The van der Waals surface area contributed by atoms with Gasteiger partial charge in [-0.05, 0) is 61.4 Å². The predicted octanol–water partition coefficient (Wildman–Crippen LogP) is 4.73. The van der Waals surface area contributed by atoms with Gasteiger partial charge in [-0.15, -0.1) is 0 Å². The lowest BCUT2D eigenvalue weighted by molar-refractivity contribution is -0.116. The van der Waals surface area contributed by atoms with Crippen LogP contribution >= 0.6 is 0 Å². The van der Waals surface area contributed by atoms with E-state index >= 15 is 0 Å². The van der Waals surface area contributed by atoms with Crippen molar-refractivity contribution in [3.05, 3.63) is 83.9 Å². The predicted molar refractivity (Wildman–Crippen MR) is 128 cm³/mol. The van der Waals surface area contributed by atoms with E-state index in [9.17, 15) is 9.59 Å². The fourth-order valence-corrected chi connectivity index (χ4v) is 4.06. The summed E-state index contributed by atoms with van der Waals surface area (Å²) in [5.74, 6) is 0.307. The molecule has 0 fully saturated rings. The minimum absolute atomic E-state index is 0.0483. The summed E-state index contributed by atoms with van der Waals surface area (Å²) in [7, 11) is 1.56. The lowest BCUT2D eigenvalue weighted by Gasteiger charge is -2.24. The quantitative estimate of drug-likeness (QED) is 0.570. The Kier molecular flexibility index (Phi) is 6.40. The summed E-state index contributed by atoms with van der Waals surface area (Å²) in [6.45, 7) is 2.86. The molecular weight excluding hydrogens is 402 g/mol. The molecule has 1 heterocycles. The third kappa shape index (κ3) is 4.75. The van der Waals surface area contributed by atoms with Crippen LogP contribution in [0.3, 0.4) is 0 Å². The van der Waals surface area contributed by atoms with Gasteiger partial charge < -0.3 is 20.3 Å². The number of hydrogen-bond acceptors (Lipinski definition) is 4. The van der Waals surface area contributed by atoms with Crippen LogP contribution in [0.15, 0.2) is 72.8 Å². The van der Waals surface area contributed by atoms with Gasteiger partial charge in [-0.3, -0.25) is 9.59 Å². The van der Waals surface area contributed by atoms with Crippen LogP contribution in [0.2, 0.25) is 0 Å². The van der Waals surface area contributed by atoms with Crippen molar-refractivity contribution < 1.29 is 14.3 Å². The number of hydrogen-bond donors (Lipinski definition) is 2. The number of benzene rings is 3. The maximum atomic E-state index is 12.5. The third-order valence-corrected chi connectivity index (χ3v) is 5.71. The van der Waals surface area contributed by atoms with Crippen molar-refractivity contribution >= 4 is 28.9 Å². The van der Waals surface area contributed by atoms with Crippen LogP contribution in [0, 0.1) is 0 Å². The molecule has 1 unspecified atom stereocenters. The second kappa shape index (κ2) is 9.56. The fraction of sp³-hybridized carbons (Fsp3) is 0.231. The van der Waals surface area contributed by atoms with Crippen molar-refractivity contribution in [3.63, 3.8) is 0 Å². The highest BCUT2D eigenvalue weighted by Crippen LogP contribution is 2.31. The van der Waals surface area contributed by atoms with E-state index in [-0.39, 0.29) is 11.8 Å². The minimum Gasteiger partial charge on any atom is -0.495 e. The highest BCUT2D eigenvalue weighted by molar-refractivity contribution is 6.05. The summed E-state index contributed by atoms with van der Waals surface area (Å²) < 4.78 is 5.27. The number of nitrogens with zero attached hydrogens (tertiary/aromatic N) is 1. The molecule has 6 nitrogen and oxygen atoms in total. The van der Waals surface area contributed by atoms with Gasteiger partial charge in [0.1, 0.15) is 5.75 Å². The fourth-order valence-electron chi connectivity index (χ4n) is 4.06. The molecule has 2 amide bonds. The van der Waals surface area contributed by atoms with Crippen LogP contribution in [0.5, 0.6) is 5.75 Å². The summed E-state index contributed by atoms with van der Waals surface area (Å²) in [6, 6.07) is 22.9. The molecule has 0 aliphatic carbocycles. The molecule has 3 aromatic carbocycles. The van der Waals surface area contributed by atoms with Crippen molar-refractivity contribution in [2.24, 2.45) is 0 Å². The molecule has 0 aromatic heterocycles. The lowest BCUT2D eigenvalue weighted by atomic mass is 10.1. The van der Waals surface area contributed by atoms with Crippen molar-refractivity contribution in [2.75, 3.05) is 29.2 Å². The monoisotopic (exact) mass is 429 g/mol. The molecular formula is C26H27N3O3. The second-order valence-corrected chi connectivity index (χ2v) is 7.91. The van der Waals surface area contributed by atoms with Crippen molar-refractivity contribution in [3.8, 4) is 5.75 Å². The maximum absolute atomic E-state index is 12.5. The summed E-state index contributed by atoms with van der Waals surface area (Å²) in [5.41, 5.74) is 4.32. The topological polar surface area (TPSA) is 70.7 Å². The number of carbonyl (C=O) groups excluding carboxylic acids is 2. The molecule has 164 valence electrons. The SMILES string of the molecule is COc1ccccc1NC(=O)c1ccc(NC(=O)CCN2c3ccccc3CC2C)cc1. The number of anilines is 3. The average Bonchev–Trinajstić information content (AvgIpc) is 3.13. The molecule has 0 saturated heterocycles. The molecule has 32 heavy (non-hydrogen) atoms. The Labute approximate surface area is 188 Å². The Balaban J connectivity index is 1.31. The van der Waals surface area contributed by atoms with Crippen molar-refractivity contribution in [1.29, 1.82) is 0 Å². The third-order valence-electron chi connectivity index (χ3n) is 5.71. The molecule has 4 rings (SSSR count). The van der Waals surface area contributed by atoms with Gasteiger partial charge in [0.05, 0.1) is 12.8 Å². The number of rotatable bonds is 7. The number of para-hydroxylation sites is 3. The van der Waals surface area contributed by atoms with Crippen molar-refractivity contribution in [1.82, 2.24) is 0 Å². The first-order valence-electron chi connectivity index (χ1n) is 10.7. The van der Waals surface area contributed by atoms with E-state index in [4.69, 9.17) is 4.74 Å². The van der Waals surface area contributed by atoms with E-state index in [0.29, 0.717) is 41.7 Å². The van der Waals surface area contributed by atoms with Gasteiger partial charge in [0.2, 0.25) is 5.91 Å². The van der Waals surface area contributed by atoms with Gasteiger partial charge in [0.25, 0.3) is 5.91 Å². The lowest BCUT2D eigenvalue weighted by Crippen LogP contribution is -2.32. The van der Waals surface area contributed by atoms with E-state index in [1.165, 1.54) is 11.3 Å². The van der Waals surface area contributed by atoms with Gasteiger partial charge in [-0.1, -0.05) is 30.3 Å². The summed E-state index contributed by atoms with van der Waals surface area (Å²) in [4.78, 5) is 27.3. The molecule has 6 heteroatoms. The van der Waals surface area contributed by atoms with Gasteiger partial charge in [0, 0.05) is 35.9 Å². The van der Waals surface area contributed by atoms with Crippen LogP contribution < -0.4 is 20.3 Å². The largest absolute Gasteiger partial charge is 0.495 e. The van der Waals surface area contributed by atoms with Gasteiger partial charge in [-0.25, -0.2) is 0 Å². The summed E-state index contributed by atoms with van der Waals surface area (Å²) in [5, 5.41) is 5.77. The Morgan fingerprint density at radius 1 is 0.969 bits per heavy atom.